The normalized spacial score (nSPS) is 17.9. The Balaban J connectivity index is 2.47. The summed E-state index contributed by atoms with van der Waals surface area (Å²) in [5.74, 6) is -4.58. The highest BCUT2D eigenvalue weighted by molar-refractivity contribution is 7.89. The van der Waals surface area contributed by atoms with Crippen molar-refractivity contribution in [2.75, 3.05) is 33.2 Å². The van der Waals surface area contributed by atoms with Gasteiger partial charge in [0, 0.05) is 26.2 Å². The van der Waals surface area contributed by atoms with Gasteiger partial charge in [0.05, 0.1) is 5.56 Å². The number of halogens is 2. The second-order valence-electron chi connectivity index (χ2n) is 4.78. The molecule has 1 aromatic rings. The number of sulfonamides is 1. The minimum absolute atomic E-state index is 0.136. The van der Waals surface area contributed by atoms with E-state index in [9.17, 15) is 22.0 Å². The average molecular weight is 320 g/mol. The van der Waals surface area contributed by atoms with Crippen LogP contribution in [0, 0.1) is 11.6 Å². The second-order valence-corrected chi connectivity index (χ2v) is 6.69. The first-order chi connectivity index (χ1) is 9.73. The van der Waals surface area contributed by atoms with Gasteiger partial charge in [0.25, 0.3) is 0 Å². The second kappa shape index (κ2) is 5.66. The summed E-state index contributed by atoms with van der Waals surface area (Å²) < 4.78 is 52.9. The lowest BCUT2D eigenvalue weighted by molar-refractivity contribution is 0.0696. The Hall–Kier alpha value is -1.58. The first-order valence-electron chi connectivity index (χ1n) is 6.14. The Kier molecular flexibility index (Phi) is 4.26. The SMILES string of the molecule is CN1CCN(S(=O)(=O)c2cc(C(=O)O)cc(F)c2F)CC1. The third kappa shape index (κ3) is 3.04. The van der Waals surface area contributed by atoms with Crippen LogP contribution in [0.1, 0.15) is 10.4 Å². The third-order valence-corrected chi connectivity index (χ3v) is 5.22. The molecule has 0 aliphatic carbocycles. The topological polar surface area (TPSA) is 77.9 Å². The minimum Gasteiger partial charge on any atom is -0.478 e. The first kappa shape index (κ1) is 15.8. The number of carbonyl (C=O) groups is 1. The largest absolute Gasteiger partial charge is 0.478 e. The van der Waals surface area contributed by atoms with Gasteiger partial charge in [0.1, 0.15) is 4.90 Å². The van der Waals surface area contributed by atoms with E-state index >= 15 is 0 Å². The molecule has 2 rings (SSSR count). The number of likely N-dealkylation sites (N-methyl/N-ethyl adjacent to an activating group) is 1. The van der Waals surface area contributed by atoms with Crippen LogP contribution < -0.4 is 0 Å². The van der Waals surface area contributed by atoms with Gasteiger partial charge in [-0.3, -0.25) is 0 Å². The molecule has 1 aliphatic heterocycles. The molecule has 1 heterocycles. The molecule has 0 atom stereocenters. The molecule has 116 valence electrons. The highest BCUT2D eigenvalue weighted by Gasteiger charge is 2.32. The zero-order chi connectivity index (χ0) is 15.8. The van der Waals surface area contributed by atoms with E-state index in [1.807, 2.05) is 11.9 Å². The van der Waals surface area contributed by atoms with E-state index in [1.54, 1.807) is 0 Å². The van der Waals surface area contributed by atoms with Gasteiger partial charge in [0.15, 0.2) is 11.6 Å². The van der Waals surface area contributed by atoms with Gasteiger partial charge in [-0.15, -0.1) is 0 Å². The van der Waals surface area contributed by atoms with Crippen LogP contribution in [0.15, 0.2) is 17.0 Å². The van der Waals surface area contributed by atoms with Crippen molar-refractivity contribution >= 4 is 16.0 Å². The van der Waals surface area contributed by atoms with E-state index in [-0.39, 0.29) is 13.1 Å². The smallest absolute Gasteiger partial charge is 0.335 e. The standard InChI is InChI=1S/C12H14F2N2O4S/c1-15-2-4-16(5-3-15)21(19,20)10-7-8(12(17)18)6-9(13)11(10)14/h6-7H,2-5H2,1H3,(H,17,18). The molecule has 1 N–H and O–H groups in total. The summed E-state index contributed by atoms with van der Waals surface area (Å²) in [4.78, 5) is 11.8. The van der Waals surface area contributed by atoms with Gasteiger partial charge in [0.2, 0.25) is 10.0 Å². The summed E-state index contributed by atoms with van der Waals surface area (Å²) in [5, 5.41) is 8.83. The predicted octanol–water partition coefficient (Wildman–Crippen LogP) is 0.599. The Morgan fingerprint density at radius 3 is 2.29 bits per heavy atom. The fraction of sp³-hybridized carbons (Fsp3) is 0.417. The molecule has 0 radical (unpaired) electrons. The van der Waals surface area contributed by atoms with Crippen molar-refractivity contribution in [3.05, 3.63) is 29.3 Å². The fourth-order valence-corrected chi connectivity index (χ4v) is 3.56. The van der Waals surface area contributed by atoms with Crippen LogP contribution >= 0.6 is 0 Å². The lowest BCUT2D eigenvalue weighted by Crippen LogP contribution is -2.47. The Morgan fingerprint density at radius 2 is 1.76 bits per heavy atom. The fourth-order valence-electron chi connectivity index (χ4n) is 2.04. The Labute approximate surface area is 120 Å². The number of benzene rings is 1. The highest BCUT2D eigenvalue weighted by atomic mass is 32.2. The third-order valence-electron chi connectivity index (χ3n) is 3.32. The van der Waals surface area contributed by atoms with Crippen LogP contribution in [0.4, 0.5) is 8.78 Å². The summed E-state index contributed by atoms with van der Waals surface area (Å²) in [6.45, 7) is 1.19. The average Bonchev–Trinajstić information content (AvgIpc) is 2.41. The number of piperazine rings is 1. The molecule has 1 saturated heterocycles. The summed E-state index contributed by atoms with van der Waals surface area (Å²) in [6.07, 6.45) is 0. The number of carboxylic acid groups (broad SMARTS) is 1. The maximum atomic E-state index is 13.8. The molecule has 0 spiro atoms. The van der Waals surface area contributed by atoms with E-state index in [0.717, 1.165) is 4.31 Å². The minimum atomic E-state index is -4.27. The molecule has 0 bridgehead atoms. The zero-order valence-electron chi connectivity index (χ0n) is 11.2. The van der Waals surface area contributed by atoms with Crippen LogP contribution in [0.2, 0.25) is 0 Å². The molecular weight excluding hydrogens is 306 g/mol. The molecule has 0 unspecified atom stereocenters. The Morgan fingerprint density at radius 1 is 1.19 bits per heavy atom. The van der Waals surface area contributed by atoms with Gasteiger partial charge < -0.3 is 10.0 Å². The van der Waals surface area contributed by atoms with Crippen LogP contribution in [0.25, 0.3) is 0 Å². The molecule has 1 aromatic carbocycles. The highest BCUT2D eigenvalue weighted by Crippen LogP contribution is 2.24. The van der Waals surface area contributed by atoms with Gasteiger partial charge in [-0.05, 0) is 19.2 Å². The molecule has 6 nitrogen and oxygen atoms in total. The molecule has 0 saturated carbocycles. The van der Waals surface area contributed by atoms with Crippen molar-refractivity contribution in [2.45, 2.75) is 4.90 Å². The maximum absolute atomic E-state index is 13.8. The number of nitrogens with zero attached hydrogens (tertiary/aromatic N) is 2. The van der Waals surface area contributed by atoms with Crippen molar-refractivity contribution in [1.29, 1.82) is 0 Å². The number of hydrogen-bond acceptors (Lipinski definition) is 4. The van der Waals surface area contributed by atoms with Crippen molar-refractivity contribution in [1.82, 2.24) is 9.21 Å². The van der Waals surface area contributed by atoms with Crippen molar-refractivity contribution in [2.24, 2.45) is 0 Å². The zero-order valence-corrected chi connectivity index (χ0v) is 12.0. The molecule has 1 fully saturated rings. The van der Waals surface area contributed by atoms with Crippen LogP contribution in [-0.4, -0.2) is 61.9 Å². The lowest BCUT2D eigenvalue weighted by Gasteiger charge is -2.31. The predicted molar refractivity (Wildman–Crippen MR) is 69.6 cm³/mol. The van der Waals surface area contributed by atoms with Crippen molar-refractivity contribution in [3.8, 4) is 0 Å². The van der Waals surface area contributed by atoms with Crippen LogP contribution in [0.5, 0.6) is 0 Å². The van der Waals surface area contributed by atoms with E-state index in [2.05, 4.69) is 0 Å². The number of aromatic carboxylic acids is 1. The van der Waals surface area contributed by atoms with Gasteiger partial charge in [-0.1, -0.05) is 0 Å². The van der Waals surface area contributed by atoms with Gasteiger partial charge >= 0.3 is 5.97 Å². The molecular formula is C12H14F2N2O4S. The number of carboxylic acids is 1. The van der Waals surface area contributed by atoms with Gasteiger partial charge in [-0.2, -0.15) is 4.31 Å². The molecule has 0 aromatic heterocycles. The first-order valence-corrected chi connectivity index (χ1v) is 7.58. The lowest BCUT2D eigenvalue weighted by atomic mass is 10.2. The van der Waals surface area contributed by atoms with Gasteiger partial charge in [-0.25, -0.2) is 22.0 Å². The maximum Gasteiger partial charge on any atom is 0.335 e. The van der Waals surface area contributed by atoms with Crippen molar-refractivity contribution in [3.63, 3.8) is 0 Å². The molecule has 0 amide bonds. The summed E-state index contributed by atoms with van der Waals surface area (Å²) in [5.41, 5.74) is -0.610. The van der Waals surface area contributed by atoms with Crippen LogP contribution in [0.3, 0.4) is 0 Å². The molecule has 21 heavy (non-hydrogen) atoms. The van der Waals surface area contributed by atoms with E-state index in [4.69, 9.17) is 5.11 Å². The van der Waals surface area contributed by atoms with E-state index in [0.29, 0.717) is 25.2 Å². The molecule has 1 aliphatic rings. The summed E-state index contributed by atoms with van der Waals surface area (Å²) in [6, 6.07) is 1.11. The molecule has 9 heteroatoms. The van der Waals surface area contributed by atoms with E-state index in [1.165, 1.54) is 0 Å². The number of rotatable bonds is 3. The number of hydrogen-bond donors (Lipinski definition) is 1. The van der Waals surface area contributed by atoms with Crippen molar-refractivity contribution < 1.29 is 27.1 Å². The van der Waals surface area contributed by atoms with Crippen LogP contribution in [-0.2, 0) is 10.0 Å². The summed E-state index contributed by atoms with van der Waals surface area (Å²) in [7, 11) is -2.45. The quantitative estimate of drug-likeness (QED) is 0.882. The Bertz CT molecular complexity index is 670. The monoisotopic (exact) mass is 320 g/mol. The van der Waals surface area contributed by atoms with E-state index < -0.39 is 38.1 Å². The summed E-state index contributed by atoms with van der Waals surface area (Å²) >= 11 is 0.